The largest absolute Gasteiger partial charge is 0.497 e. The summed E-state index contributed by atoms with van der Waals surface area (Å²) in [6.45, 7) is 4.16. The van der Waals surface area contributed by atoms with E-state index in [0.717, 1.165) is 5.56 Å². The number of carbonyl (C=O) groups excluding carboxylic acids is 2. The van der Waals surface area contributed by atoms with Crippen LogP contribution in [0.5, 0.6) is 5.75 Å². The number of carbonyl (C=O) groups is 2. The maximum Gasteiger partial charge on any atom is 0.246 e. The maximum absolute atomic E-state index is 13.2. The van der Waals surface area contributed by atoms with Gasteiger partial charge in [-0.3, -0.25) is 14.5 Å². The van der Waals surface area contributed by atoms with Crippen molar-refractivity contribution in [3.8, 4) is 5.75 Å². The SMILES string of the molecule is COc1cccc(NC(=O)[C@H](c2ccccc2)N2CCN(C(C)=O)CC2)c1. The number of amides is 2. The Morgan fingerprint density at radius 2 is 1.70 bits per heavy atom. The number of benzene rings is 2. The molecule has 2 aromatic rings. The Bertz CT molecular complexity index is 786. The van der Waals surface area contributed by atoms with Crippen LogP contribution in [-0.4, -0.2) is 54.9 Å². The Morgan fingerprint density at radius 1 is 1.00 bits per heavy atom. The normalized spacial score (nSPS) is 15.9. The standard InChI is InChI=1S/C21H25N3O3/c1-16(25)23-11-13-24(14-12-23)20(17-7-4-3-5-8-17)21(26)22-18-9-6-10-19(15-18)27-2/h3-10,15,20H,11-14H2,1-2H3,(H,22,26)/t20-/m0/s1. The molecule has 0 unspecified atom stereocenters. The molecule has 6 nitrogen and oxygen atoms in total. The van der Waals surface area contributed by atoms with Crippen molar-refractivity contribution in [3.05, 3.63) is 60.2 Å². The van der Waals surface area contributed by atoms with Gasteiger partial charge in [0, 0.05) is 44.9 Å². The summed E-state index contributed by atoms with van der Waals surface area (Å²) in [5.74, 6) is 0.677. The Hall–Kier alpha value is -2.86. The van der Waals surface area contributed by atoms with Crippen LogP contribution in [0.25, 0.3) is 0 Å². The summed E-state index contributed by atoms with van der Waals surface area (Å²) >= 11 is 0. The van der Waals surface area contributed by atoms with Gasteiger partial charge in [0.05, 0.1) is 7.11 Å². The van der Waals surface area contributed by atoms with Crippen molar-refractivity contribution in [1.82, 2.24) is 9.80 Å². The second kappa shape index (κ2) is 8.68. The molecule has 1 N–H and O–H groups in total. The molecule has 1 aliphatic heterocycles. The Morgan fingerprint density at radius 3 is 2.33 bits per heavy atom. The first-order valence-corrected chi connectivity index (χ1v) is 9.08. The highest BCUT2D eigenvalue weighted by molar-refractivity contribution is 5.95. The lowest BCUT2D eigenvalue weighted by Gasteiger charge is -2.38. The average Bonchev–Trinajstić information content (AvgIpc) is 2.69. The quantitative estimate of drug-likeness (QED) is 0.882. The first kappa shape index (κ1) is 18.9. The van der Waals surface area contributed by atoms with Crippen LogP contribution in [0.3, 0.4) is 0 Å². The fourth-order valence-electron chi connectivity index (χ4n) is 3.37. The van der Waals surface area contributed by atoms with Crippen LogP contribution in [0.2, 0.25) is 0 Å². The third-order valence-electron chi connectivity index (χ3n) is 4.83. The smallest absolute Gasteiger partial charge is 0.246 e. The highest BCUT2D eigenvalue weighted by Crippen LogP contribution is 2.25. The molecule has 1 aliphatic rings. The van der Waals surface area contributed by atoms with Gasteiger partial charge < -0.3 is 15.0 Å². The number of methoxy groups -OCH3 is 1. The van der Waals surface area contributed by atoms with Gasteiger partial charge in [-0.25, -0.2) is 0 Å². The van der Waals surface area contributed by atoms with Crippen molar-refractivity contribution < 1.29 is 14.3 Å². The van der Waals surface area contributed by atoms with Crippen LogP contribution in [0.15, 0.2) is 54.6 Å². The van der Waals surface area contributed by atoms with Gasteiger partial charge >= 0.3 is 0 Å². The number of hydrogen-bond acceptors (Lipinski definition) is 4. The number of anilines is 1. The van der Waals surface area contributed by atoms with E-state index in [1.807, 2.05) is 53.4 Å². The molecular formula is C21H25N3O3. The van der Waals surface area contributed by atoms with Crippen LogP contribution in [0.1, 0.15) is 18.5 Å². The summed E-state index contributed by atoms with van der Waals surface area (Å²) in [5.41, 5.74) is 1.64. The molecule has 0 saturated carbocycles. The van der Waals surface area contributed by atoms with E-state index in [1.54, 1.807) is 20.1 Å². The van der Waals surface area contributed by atoms with Crippen molar-refractivity contribution in [3.63, 3.8) is 0 Å². The molecule has 1 saturated heterocycles. The van der Waals surface area contributed by atoms with Crippen LogP contribution >= 0.6 is 0 Å². The molecule has 142 valence electrons. The summed E-state index contributed by atoms with van der Waals surface area (Å²) in [7, 11) is 1.60. The van der Waals surface area contributed by atoms with E-state index in [-0.39, 0.29) is 11.8 Å². The summed E-state index contributed by atoms with van der Waals surface area (Å²) in [4.78, 5) is 28.7. The molecule has 2 aromatic carbocycles. The first-order valence-electron chi connectivity index (χ1n) is 9.08. The Kier molecular flexibility index (Phi) is 6.08. The van der Waals surface area contributed by atoms with E-state index in [4.69, 9.17) is 4.74 Å². The zero-order chi connectivity index (χ0) is 19.2. The molecule has 0 spiro atoms. The number of nitrogens with zero attached hydrogens (tertiary/aromatic N) is 2. The highest BCUT2D eigenvalue weighted by Gasteiger charge is 2.31. The number of ether oxygens (including phenoxy) is 1. The monoisotopic (exact) mass is 367 g/mol. The van der Waals surface area contributed by atoms with E-state index >= 15 is 0 Å². The number of nitrogens with one attached hydrogen (secondary N) is 1. The second-order valence-electron chi connectivity index (χ2n) is 6.58. The van der Waals surface area contributed by atoms with E-state index in [0.29, 0.717) is 37.6 Å². The topological polar surface area (TPSA) is 61.9 Å². The lowest BCUT2D eigenvalue weighted by molar-refractivity contribution is -0.131. The van der Waals surface area contributed by atoms with Gasteiger partial charge in [0.1, 0.15) is 11.8 Å². The summed E-state index contributed by atoms with van der Waals surface area (Å²) in [6, 6.07) is 16.7. The van der Waals surface area contributed by atoms with E-state index < -0.39 is 6.04 Å². The average molecular weight is 367 g/mol. The molecule has 3 rings (SSSR count). The summed E-state index contributed by atoms with van der Waals surface area (Å²) < 4.78 is 5.23. The van der Waals surface area contributed by atoms with E-state index in [9.17, 15) is 9.59 Å². The van der Waals surface area contributed by atoms with Gasteiger partial charge in [0.25, 0.3) is 0 Å². The van der Waals surface area contributed by atoms with Gasteiger partial charge in [0.15, 0.2) is 0 Å². The predicted octanol–water partition coefficient (Wildman–Crippen LogP) is 2.54. The van der Waals surface area contributed by atoms with Crippen molar-refractivity contribution in [2.75, 3.05) is 38.6 Å². The molecule has 2 amide bonds. The third-order valence-corrected chi connectivity index (χ3v) is 4.83. The molecule has 1 atom stereocenters. The lowest BCUT2D eigenvalue weighted by atomic mass is 10.0. The van der Waals surface area contributed by atoms with Gasteiger partial charge in [0.2, 0.25) is 11.8 Å². The minimum absolute atomic E-state index is 0.0757. The Labute approximate surface area is 159 Å². The minimum atomic E-state index is -0.411. The minimum Gasteiger partial charge on any atom is -0.497 e. The van der Waals surface area contributed by atoms with Gasteiger partial charge in [-0.15, -0.1) is 0 Å². The summed E-state index contributed by atoms with van der Waals surface area (Å²) in [6.07, 6.45) is 0. The highest BCUT2D eigenvalue weighted by atomic mass is 16.5. The molecule has 0 aromatic heterocycles. The second-order valence-corrected chi connectivity index (χ2v) is 6.58. The van der Waals surface area contributed by atoms with Gasteiger partial charge in [-0.2, -0.15) is 0 Å². The van der Waals surface area contributed by atoms with Crippen LogP contribution in [0.4, 0.5) is 5.69 Å². The van der Waals surface area contributed by atoms with Gasteiger partial charge in [-0.05, 0) is 17.7 Å². The predicted molar refractivity (Wildman–Crippen MR) is 105 cm³/mol. The third kappa shape index (κ3) is 4.65. The van der Waals surface area contributed by atoms with Gasteiger partial charge in [-0.1, -0.05) is 36.4 Å². The van der Waals surface area contributed by atoms with E-state index in [1.165, 1.54) is 0 Å². The van der Waals surface area contributed by atoms with Crippen LogP contribution in [-0.2, 0) is 9.59 Å². The molecule has 27 heavy (non-hydrogen) atoms. The number of hydrogen-bond donors (Lipinski definition) is 1. The molecular weight excluding hydrogens is 342 g/mol. The van der Waals surface area contributed by atoms with Crippen molar-refractivity contribution in [2.45, 2.75) is 13.0 Å². The summed E-state index contributed by atoms with van der Waals surface area (Å²) in [5, 5.41) is 3.01. The molecule has 6 heteroatoms. The molecule has 0 radical (unpaired) electrons. The molecule has 0 aliphatic carbocycles. The fourth-order valence-corrected chi connectivity index (χ4v) is 3.37. The number of piperazine rings is 1. The van der Waals surface area contributed by atoms with Crippen LogP contribution in [0, 0.1) is 0 Å². The molecule has 0 bridgehead atoms. The molecule has 1 heterocycles. The number of rotatable bonds is 5. The van der Waals surface area contributed by atoms with Crippen LogP contribution < -0.4 is 10.1 Å². The molecule has 1 fully saturated rings. The zero-order valence-corrected chi connectivity index (χ0v) is 15.7. The lowest BCUT2D eigenvalue weighted by Crippen LogP contribution is -2.51. The first-order chi connectivity index (χ1) is 13.1. The van der Waals surface area contributed by atoms with Crippen molar-refractivity contribution in [2.24, 2.45) is 0 Å². The van der Waals surface area contributed by atoms with Crippen molar-refractivity contribution in [1.29, 1.82) is 0 Å². The fraction of sp³-hybridized carbons (Fsp3) is 0.333. The Balaban J connectivity index is 1.80. The van der Waals surface area contributed by atoms with E-state index in [2.05, 4.69) is 10.2 Å². The zero-order valence-electron chi connectivity index (χ0n) is 15.7. The maximum atomic E-state index is 13.2. The van der Waals surface area contributed by atoms with Crippen molar-refractivity contribution >= 4 is 17.5 Å².